The highest BCUT2D eigenvalue weighted by Gasteiger charge is 2.16. The number of ether oxygens (including phenoxy) is 1. The van der Waals surface area contributed by atoms with Crippen LogP contribution in [0.3, 0.4) is 0 Å². The Morgan fingerprint density at radius 3 is 2.52 bits per heavy atom. The minimum Gasteiger partial charge on any atom is -0.485 e. The number of likely N-dealkylation sites (N-methyl/N-ethyl adjacent to an activating group) is 1. The fraction of sp³-hybridized carbons (Fsp3) is 0.467. The molecular formula is C15H22N2O3Si. The molecule has 1 aromatic carbocycles. The van der Waals surface area contributed by atoms with Gasteiger partial charge in [-0.2, -0.15) is 0 Å². The van der Waals surface area contributed by atoms with Crippen molar-refractivity contribution >= 4 is 13.8 Å². The largest absolute Gasteiger partial charge is 0.485 e. The molecular weight excluding hydrogens is 284 g/mol. The highest BCUT2D eigenvalue weighted by molar-refractivity contribution is 6.83. The van der Waals surface area contributed by atoms with E-state index in [-0.39, 0.29) is 5.69 Å². The van der Waals surface area contributed by atoms with Gasteiger partial charge in [0.15, 0.2) is 5.75 Å². The lowest BCUT2D eigenvalue weighted by Crippen LogP contribution is -2.19. The van der Waals surface area contributed by atoms with Crippen molar-refractivity contribution < 1.29 is 9.66 Å². The smallest absolute Gasteiger partial charge is 0.312 e. The zero-order valence-corrected chi connectivity index (χ0v) is 14.3. The minimum atomic E-state index is -1.50. The molecule has 5 nitrogen and oxygen atoms in total. The Labute approximate surface area is 127 Å². The Morgan fingerprint density at radius 2 is 2.00 bits per heavy atom. The third-order valence-corrected chi connectivity index (χ3v) is 3.41. The lowest BCUT2D eigenvalue weighted by molar-refractivity contribution is -0.385. The quantitative estimate of drug-likeness (QED) is 0.363. The number of hydrogen-bond donors (Lipinski definition) is 0. The second-order valence-electron chi connectivity index (χ2n) is 6.09. The van der Waals surface area contributed by atoms with E-state index in [9.17, 15) is 10.1 Å². The van der Waals surface area contributed by atoms with Gasteiger partial charge in [0.1, 0.15) is 14.7 Å². The molecule has 0 bridgehead atoms. The van der Waals surface area contributed by atoms with Gasteiger partial charge in [-0.25, -0.2) is 0 Å². The molecule has 0 aliphatic carbocycles. The summed E-state index contributed by atoms with van der Waals surface area (Å²) in [6.45, 7) is 7.51. The van der Waals surface area contributed by atoms with Crippen molar-refractivity contribution in [3.05, 3.63) is 33.9 Å². The van der Waals surface area contributed by atoms with Gasteiger partial charge in [-0.05, 0) is 26.2 Å². The highest BCUT2D eigenvalue weighted by Crippen LogP contribution is 2.27. The van der Waals surface area contributed by atoms with E-state index in [1.807, 2.05) is 19.0 Å². The maximum absolute atomic E-state index is 11.1. The van der Waals surface area contributed by atoms with E-state index < -0.39 is 13.0 Å². The third kappa shape index (κ3) is 6.43. The average Bonchev–Trinajstić information content (AvgIpc) is 2.35. The van der Waals surface area contributed by atoms with Crippen LogP contribution in [0.1, 0.15) is 5.56 Å². The molecule has 0 saturated carbocycles. The molecule has 0 unspecified atom stereocenters. The molecule has 0 amide bonds. The first kappa shape index (κ1) is 17.2. The summed E-state index contributed by atoms with van der Waals surface area (Å²) in [6.07, 6.45) is 0. The summed E-state index contributed by atoms with van der Waals surface area (Å²) in [5, 5.41) is 11.1. The Balaban J connectivity index is 2.96. The van der Waals surface area contributed by atoms with Crippen LogP contribution in [0.5, 0.6) is 5.75 Å². The molecule has 0 saturated heterocycles. The van der Waals surface area contributed by atoms with Crippen LogP contribution in [-0.4, -0.2) is 45.1 Å². The van der Waals surface area contributed by atoms with Crippen LogP contribution in [-0.2, 0) is 0 Å². The average molecular weight is 306 g/mol. The van der Waals surface area contributed by atoms with Crippen molar-refractivity contribution in [1.29, 1.82) is 0 Å². The molecule has 6 heteroatoms. The van der Waals surface area contributed by atoms with Crippen LogP contribution < -0.4 is 4.74 Å². The summed E-state index contributed by atoms with van der Waals surface area (Å²) in [7, 11) is 2.35. The monoisotopic (exact) mass is 306 g/mol. The van der Waals surface area contributed by atoms with Crippen LogP contribution in [0.4, 0.5) is 5.69 Å². The predicted octanol–water partition coefficient (Wildman–Crippen LogP) is 2.76. The Kier molecular flexibility index (Phi) is 5.94. The van der Waals surface area contributed by atoms with E-state index >= 15 is 0 Å². The highest BCUT2D eigenvalue weighted by atomic mass is 28.3. The molecule has 0 fully saturated rings. The molecule has 0 N–H and O–H groups in total. The SMILES string of the molecule is CN(C)CCOc1ccc(C#C[Si](C)(C)C)cc1[N+](=O)[O-]. The normalized spacial score (nSPS) is 11.0. The minimum absolute atomic E-state index is 0.0314. The van der Waals surface area contributed by atoms with Crippen LogP contribution in [0, 0.1) is 21.6 Å². The number of nitrogens with zero attached hydrogens (tertiary/aromatic N) is 2. The number of nitro groups is 1. The maximum atomic E-state index is 11.1. The first-order valence-corrected chi connectivity index (χ1v) is 10.3. The third-order valence-electron chi connectivity index (χ3n) is 2.53. The molecule has 114 valence electrons. The lowest BCUT2D eigenvalue weighted by Gasteiger charge is -2.11. The van der Waals surface area contributed by atoms with Gasteiger partial charge in [-0.15, -0.1) is 5.54 Å². The maximum Gasteiger partial charge on any atom is 0.312 e. The van der Waals surface area contributed by atoms with E-state index in [0.29, 0.717) is 24.5 Å². The lowest BCUT2D eigenvalue weighted by atomic mass is 10.2. The van der Waals surface area contributed by atoms with Crippen molar-refractivity contribution in [2.75, 3.05) is 27.2 Å². The van der Waals surface area contributed by atoms with E-state index in [1.165, 1.54) is 6.07 Å². The number of hydrogen-bond acceptors (Lipinski definition) is 4. The van der Waals surface area contributed by atoms with Crippen LogP contribution >= 0.6 is 0 Å². The van der Waals surface area contributed by atoms with Crippen molar-refractivity contribution in [2.24, 2.45) is 0 Å². The van der Waals surface area contributed by atoms with Gasteiger partial charge in [0.25, 0.3) is 0 Å². The molecule has 0 heterocycles. The fourth-order valence-electron chi connectivity index (χ4n) is 1.46. The summed E-state index contributed by atoms with van der Waals surface area (Å²) < 4.78 is 5.49. The van der Waals surface area contributed by atoms with Gasteiger partial charge in [0.05, 0.1) is 4.92 Å². The van der Waals surface area contributed by atoms with Gasteiger partial charge in [0.2, 0.25) is 0 Å². The van der Waals surface area contributed by atoms with Crippen molar-refractivity contribution in [2.45, 2.75) is 19.6 Å². The number of benzene rings is 1. The Bertz CT molecular complexity index is 569. The fourth-order valence-corrected chi connectivity index (χ4v) is 1.98. The van der Waals surface area contributed by atoms with E-state index in [2.05, 4.69) is 31.1 Å². The molecule has 0 spiro atoms. The van der Waals surface area contributed by atoms with E-state index in [4.69, 9.17) is 4.74 Å². The second-order valence-corrected chi connectivity index (χ2v) is 10.8. The molecule has 1 aromatic rings. The van der Waals surface area contributed by atoms with E-state index in [0.717, 1.165) is 0 Å². The summed E-state index contributed by atoms with van der Waals surface area (Å²) in [6, 6.07) is 4.88. The number of nitro benzene ring substituents is 1. The Hall–Kier alpha value is -1.84. The summed E-state index contributed by atoms with van der Waals surface area (Å²) in [4.78, 5) is 12.7. The molecule has 0 radical (unpaired) electrons. The topological polar surface area (TPSA) is 55.6 Å². The van der Waals surface area contributed by atoms with E-state index in [1.54, 1.807) is 12.1 Å². The van der Waals surface area contributed by atoms with Crippen LogP contribution in [0.25, 0.3) is 0 Å². The van der Waals surface area contributed by atoms with Gasteiger partial charge >= 0.3 is 5.69 Å². The standard InChI is InChI=1S/C15H22N2O3Si/c1-16(2)9-10-20-15-7-6-13(8-11-21(3,4)5)12-14(15)17(18)19/h6-7,12H,9-10H2,1-5H3. The van der Waals surface area contributed by atoms with Crippen molar-refractivity contribution in [3.8, 4) is 17.2 Å². The molecule has 0 aliphatic rings. The first-order chi connectivity index (χ1) is 9.69. The first-order valence-electron chi connectivity index (χ1n) is 6.78. The summed E-state index contributed by atoms with van der Waals surface area (Å²) in [5.74, 6) is 3.32. The molecule has 0 aliphatic heterocycles. The van der Waals surface area contributed by atoms with Gasteiger partial charge in [0, 0.05) is 18.2 Å². The van der Waals surface area contributed by atoms with Crippen LogP contribution in [0.15, 0.2) is 18.2 Å². The van der Waals surface area contributed by atoms with Crippen molar-refractivity contribution in [1.82, 2.24) is 4.90 Å². The van der Waals surface area contributed by atoms with Crippen LogP contribution in [0.2, 0.25) is 19.6 Å². The van der Waals surface area contributed by atoms with Crippen molar-refractivity contribution in [3.63, 3.8) is 0 Å². The molecule has 1 rings (SSSR count). The zero-order chi connectivity index (χ0) is 16.0. The molecule has 0 atom stereocenters. The van der Waals surface area contributed by atoms with Gasteiger partial charge < -0.3 is 9.64 Å². The predicted molar refractivity (Wildman–Crippen MR) is 87.4 cm³/mol. The van der Waals surface area contributed by atoms with Gasteiger partial charge in [-0.3, -0.25) is 10.1 Å². The second kappa shape index (κ2) is 7.25. The summed E-state index contributed by atoms with van der Waals surface area (Å²) >= 11 is 0. The molecule has 21 heavy (non-hydrogen) atoms. The Morgan fingerprint density at radius 1 is 1.33 bits per heavy atom. The summed E-state index contributed by atoms with van der Waals surface area (Å²) in [5.41, 5.74) is 3.83. The molecule has 0 aromatic heterocycles. The number of rotatable bonds is 5. The van der Waals surface area contributed by atoms with Gasteiger partial charge in [-0.1, -0.05) is 25.6 Å². The zero-order valence-electron chi connectivity index (χ0n) is 13.3.